The summed E-state index contributed by atoms with van der Waals surface area (Å²) in [5.41, 5.74) is 2.09. The number of thioether (sulfide) groups is 1. The first-order valence-corrected chi connectivity index (χ1v) is 12.4. The van der Waals surface area contributed by atoms with Crippen molar-refractivity contribution in [3.8, 4) is 5.75 Å². The van der Waals surface area contributed by atoms with Crippen LogP contribution >= 0.6 is 23.1 Å². The summed E-state index contributed by atoms with van der Waals surface area (Å²) in [5.74, 6) is 1.25. The van der Waals surface area contributed by atoms with E-state index in [1.54, 1.807) is 24.3 Å². The smallest absolute Gasteiger partial charge is 0.239 e. The summed E-state index contributed by atoms with van der Waals surface area (Å²) in [6.45, 7) is 6.05. The monoisotopic (exact) mass is 466 g/mol. The van der Waals surface area contributed by atoms with Gasteiger partial charge < -0.3 is 9.30 Å². The van der Waals surface area contributed by atoms with Gasteiger partial charge in [0.15, 0.2) is 5.13 Å². The molecule has 0 fully saturated rings. The second-order valence-electron chi connectivity index (χ2n) is 7.36. The van der Waals surface area contributed by atoms with Crippen LogP contribution in [0.3, 0.4) is 0 Å². The largest absolute Gasteiger partial charge is 0.494 e. The molecule has 32 heavy (non-hydrogen) atoms. The molecule has 0 bridgehead atoms. The topological polar surface area (TPSA) is 60.2 Å². The minimum Gasteiger partial charge on any atom is -0.494 e. The summed E-state index contributed by atoms with van der Waals surface area (Å²) >= 11 is 3.09. The number of rotatable bonds is 10. The first kappa shape index (κ1) is 22.4. The van der Waals surface area contributed by atoms with Gasteiger partial charge in [0.05, 0.1) is 28.9 Å². The molecule has 2 heterocycles. The third-order valence-corrected chi connectivity index (χ3v) is 6.97. The van der Waals surface area contributed by atoms with Crippen LogP contribution in [0.4, 0.5) is 5.13 Å². The Morgan fingerprint density at radius 2 is 2.06 bits per heavy atom. The number of amides is 1. The highest BCUT2D eigenvalue weighted by Gasteiger charge is 2.20. The fourth-order valence-electron chi connectivity index (χ4n) is 3.28. The van der Waals surface area contributed by atoms with Gasteiger partial charge in [-0.2, -0.15) is 0 Å². The van der Waals surface area contributed by atoms with Crippen LogP contribution in [0.1, 0.15) is 18.9 Å². The fraction of sp³-hybridized carbons (Fsp3) is 0.292. The minimum atomic E-state index is 0.0605. The van der Waals surface area contributed by atoms with Crippen LogP contribution in [-0.4, -0.2) is 39.3 Å². The van der Waals surface area contributed by atoms with Crippen LogP contribution in [0.15, 0.2) is 66.1 Å². The van der Waals surface area contributed by atoms with Gasteiger partial charge in [-0.25, -0.2) is 9.97 Å². The summed E-state index contributed by atoms with van der Waals surface area (Å²) in [4.78, 5) is 25.0. The van der Waals surface area contributed by atoms with Gasteiger partial charge >= 0.3 is 0 Å². The van der Waals surface area contributed by atoms with Crippen molar-refractivity contribution in [2.45, 2.75) is 31.7 Å². The first-order valence-electron chi connectivity index (χ1n) is 10.6. The lowest BCUT2D eigenvalue weighted by atomic mass is 10.2. The Kier molecular flexibility index (Phi) is 7.44. The molecule has 4 aromatic rings. The van der Waals surface area contributed by atoms with E-state index in [1.165, 1.54) is 16.9 Å². The van der Waals surface area contributed by atoms with Gasteiger partial charge in [-0.1, -0.05) is 29.0 Å². The zero-order valence-electron chi connectivity index (χ0n) is 18.2. The maximum Gasteiger partial charge on any atom is 0.239 e. The molecule has 0 saturated carbocycles. The van der Waals surface area contributed by atoms with Gasteiger partial charge in [0.2, 0.25) is 5.91 Å². The molecule has 6 nitrogen and oxygen atoms in total. The predicted octanol–water partition coefficient (Wildman–Crippen LogP) is 5.42. The number of aryl methyl sites for hydroxylation is 2. The number of benzene rings is 2. The Labute approximate surface area is 196 Å². The maximum atomic E-state index is 13.3. The number of carbonyl (C=O) groups is 1. The van der Waals surface area contributed by atoms with Gasteiger partial charge in [0.1, 0.15) is 5.75 Å². The number of fused-ring (bicyclic) bond motifs is 1. The molecule has 0 unspecified atom stereocenters. The van der Waals surface area contributed by atoms with Crippen molar-refractivity contribution < 1.29 is 9.53 Å². The van der Waals surface area contributed by atoms with E-state index in [0.717, 1.165) is 39.0 Å². The number of thiazole rings is 1. The third-order valence-electron chi connectivity index (χ3n) is 4.93. The van der Waals surface area contributed by atoms with Crippen molar-refractivity contribution in [3.63, 3.8) is 0 Å². The van der Waals surface area contributed by atoms with Gasteiger partial charge in [-0.15, -0.1) is 11.8 Å². The summed E-state index contributed by atoms with van der Waals surface area (Å²) in [6.07, 6.45) is 6.32. The molecular weight excluding hydrogens is 440 g/mol. The Balaban J connectivity index is 1.51. The van der Waals surface area contributed by atoms with E-state index in [2.05, 4.69) is 36.2 Å². The van der Waals surface area contributed by atoms with Crippen LogP contribution < -0.4 is 9.64 Å². The number of carbonyl (C=O) groups excluding carboxylic acids is 1. The normalized spacial score (nSPS) is 11.1. The predicted molar refractivity (Wildman–Crippen MR) is 132 cm³/mol. The van der Waals surface area contributed by atoms with E-state index in [0.29, 0.717) is 18.9 Å². The molecule has 4 rings (SSSR count). The molecule has 0 N–H and O–H groups in total. The summed E-state index contributed by atoms with van der Waals surface area (Å²) in [6, 6.07) is 14.1. The highest BCUT2D eigenvalue weighted by molar-refractivity contribution is 8.00. The minimum absolute atomic E-state index is 0.0605. The van der Waals surface area contributed by atoms with Gasteiger partial charge in [-0.05, 0) is 50.6 Å². The highest BCUT2D eigenvalue weighted by atomic mass is 32.2. The van der Waals surface area contributed by atoms with Crippen molar-refractivity contribution >= 4 is 44.4 Å². The molecule has 0 radical (unpaired) electrons. The van der Waals surface area contributed by atoms with Crippen LogP contribution in [-0.2, 0) is 11.3 Å². The Morgan fingerprint density at radius 3 is 2.81 bits per heavy atom. The van der Waals surface area contributed by atoms with Crippen LogP contribution in [0.5, 0.6) is 5.75 Å². The summed E-state index contributed by atoms with van der Waals surface area (Å²) in [7, 11) is 0. The Hall–Kier alpha value is -2.84. The SMILES string of the molecule is CCOc1ccc2nc(N(CCCn3ccnc3)C(=O)CSc3ccc(C)cc3)sc2c1. The number of imidazole rings is 1. The Morgan fingerprint density at radius 1 is 1.22 bits per heavy atom. The molecule has 0 aliphatic carbocycles. The lowest BCUT2D eigenvalue weighted by Gasteiger charge is -2.20. The van der Waals surface area contributed by atoms with Crippen LogP contribution in [0.25, 0.3) is 10.2 Å². The number of anilines is 1. The summed E-state index contributed by atoms with van der Waals surface area (Å²) in [5, 5.41) is 0.730. The standard InChI is InChI=1S/C24H26N4O2S2/c1-3-30-19-7-10-21-22(15-19)32-24(26-21)28(13-4-12-27-14-11-25-17-27)23(29)16-31-20-8-5-18(2)6-9-20/h5-11,14-15,17H,3-4,12-13,16H2,1-2H3. The van der Waals surface area contributed by atoms with E-state index in [9.17, 15) is 4.79 Å². The maximum absolute atomic E-state index is 13.3. The molecule has 2 aromatic heterocycles. The third kappa shape index (κ3) is 5.69. The summed E-state index contributed by atoms with van der Waals surface area (Å²) < 4.78 is 8.66. The molecule has 166 valence electrons. The van der Waals surface area contributed by atoms with Crippen LogP contribution in [0.2, 0.25) is 0 Å². The van der Waals surface area contributed by atoms with E-state index in [1.807, 2.05) is 40.8 Å². The average molecular weight is 467 g/mol. The molecule has 0 spiro atoms. The molecule has 2 aromatic carbocycles. The number of nitrogens with zero attached hydrogens (tertiary/aromatic N) is 4. The van der Waals surface area contributed by atoms with E-state index in [-0.39, 0.29) is 5.91 Å². The number of hydrogen-bond acceptors (Lipinski definition) is 6. The molecule has 1 amide bonds. The van der Waals surface area contributed by atoms with E-state index in [4.69, 9.17) is 9.72 Å². The van der Waals surface area contributed by atoms with Crippen molar-refractivity contribution in [2.75, 3.05) is 23.8 Å². The molecule has 0 saturated heterocycles. The average Bonchev–Trinajstić information content (AvgIpc) is 3.46. The number of aromatic nitrogens is 3. The lowest BCUT2D eigenvalue weighted by Crippen LogP contribution is -2.33. The van der Waals surface area contributed by atoms with Gasteiger partial charge in [0, 0.05) is 30.4 Å². The zero-order valence-corrected chi connectivity index (χ0v) is 19.9. The highest BCUT2D eigenvalue weighted by Crippen LogP contribution is 2.32. The van der Waals surface area contributed by atoms with Crippen molar-refractivity contribution in [1.29, 1.82) is 0 Å². The zero-order chi connectivity index (χ0) is 22.3. The fourth-order valence-corrected chi connectivity index (χ4v) is 5.09. The number of ether oxygens (including phenoxy) is 1. The second-order valence-corrected chi connectivity index (χ2v) is 9.42. The van der Waals surface area contributed by atoms with Crippen molar-refractivity contribution in [1.82, 2.24) is 14.5 Å². The van der Waals surface area contributed by atoms with Crippen LogP contribution in [0, 0.1) is 6.92 Å². The molecule has 0 aliphatic rings. The quantitative estimate of drug-likeness (QED) is 0.292. The Bertz CT molecular complexity index is 1160. The molecule has 8 heteroatoms. The van der Waals surface area contributed by atoms with Crippen molar-refractivity contribution in [2.24, 2.45) is 0 Å². The van der Waals surface area contributed by atoms with Gasteiger partial charge in [-0.3, -0.25) is 9.69 Å². The first-order chi connectivity index (χ1) is 15.6. The van der Waals surface area contributed by atoms with E-state index < -0.39 is 0 Å². The second kappa shape index (κ2) is 10.7. The molecule has 0 atom stereocenters. The van der Waals surface area contributed by atoms with E-state index >= 15 is 0 Å². The lowest BCUT2D eigenvalue weighted by molar-refractivity contribution is -0.116. The van der Waals surface area contributed by atoms with Gasteiger partial charge in [0.25, 0.3) is 0 Å². The molecular formula is C24H26N4O2S2. The number of hydrogen-bond donors (Lipinski definition) is 0. The van der Waals surface area contributed by atoms with Crippen molar-refractivity contribution in [3.05, 3.63) is 66.7 Å². The molecule has 0 aliphatic heterocycles.